The highest BCUT2D eigenvalue weighted by Crippen LogP contribution is 2.15. The molecular formula is C14H36N2O2Si4. The highest BCUT2D eigenvalue weighted by molar-refractivity contribution is 6.81. The summed E-state index contributed by atoms with van der Waals surface area (Å²) in [4.78, 5) is 0. The number of rotatable bonds is 4. The molecule has 8 heteroatoms. The van der Waals surface area contributed by atoms with Crippen molar-refractivity contribution in [3.63, 3.8) is 0 Å². The summed E-state index contributed by atoms with van der Waals surface area (Å²) < 4.78 is 22.4. The summed E-state index contributed by atoms with van der Waals surface area (Å²) >= 11 is 0. The van der Waals surface area contributed by atoms with Crippen molar-refractivity contribution in [3.05, 3.63) is 0 Å². The van der Waals surface area contributed by atoms with Gasteiger partial charge in [0.15, 0.2) is 16.5 Å². The first-order chi connectivity index (χ1) is 9.38. The van der Waals surface area contributed by atoms with Crippen LogP contribution >= 0.6 is 0 Å². The largest absolute Gasteiger partial charge is 0.529 e. The van der Waals surface area contributed by atoms with Crippen LogP contribution in [-0.2, 0) is 8.85 Å². The molecule has 0 saturated heterocycles. The lowest BCUT2D eigenvalue weighted by Gasteiger charge is -2.29. The summed E-state index contributed by atoms with van der Waals surface area (Å²) in [7, 11) is -6.90. The molecule has 0 aromatic rings. The SMILES string of the molecule is C[Si](C)(C)N=C(O[Si](C)(C)C)C(=N[Si](C)(C)C)O[Si](C)(C)C. The molecule has 0 radical (unpaired) electrons. The van der Waals surface area contributed by atoms with Crippen LogP contribution in [0.3, 0.4) is 0 Å². The molecule has 0 aliphatic carbocycles. The van der Waals surface area contributed by atoms with E-state index in [1.807, 2.05) is 0 Å². The summed E-state index contributed by atoms with van der Waals surface area (Å²) in [6.45, 7) is 26.3. The van der Waals surface area contributed by atoms with Gasteiger partial charge in [0.1, 0.15) is 0 Å². The maximum Gasteiger partial charge on any atom is 0.247 e. The second kappa shape index (κ2) is 7.14. The van der Waals surface area contributed by atoms with E-state index in [2.05, 4.69) is 78.6 Å². The average Bonchev–Trinajstić information content (AvgIpc) is 2.05. The molecule has 0 saturated carbocycles. The van der Waals surface area contributed by atoms with Crippen molar-refractivity contribution in [3.8, 4) is 0 Å². The number of nitrogens with zero attached hydrogens (tertiary/aromatic N) is 2. The van der Waals surface area contributed by atoms with Gasteiger partial charge in [0.25, 0.3) is 0 Å². The van der Waals surface area contributed by atoms with E-state index in [0.717, 1.165) is 0 Å². The molecule has 0 N–H and O–H groups in total. The van der Waals surface area contributed by atoms with E-state index in [1.165, 1.54) is 0 Å². The van der Waals surface area contributed by atoms with Crippen LogP contribution in [0.4, 0.5) is 0 Å². The van der Waals surface area contributed by atoms with Crippen molar-refractivity contribution >= 4 is 44.9 Å². The Kier molecular flexibility index (Phi) is 7.08. The summed E-state index contributed by atoms with van der Waals surface area (Å²) in [5.74, 6) is 1.31. The quantitative estimate of drug-likeness (QED) is 0.386. The Labute approximate surface area is 141 Å². The Hall–Kier alpha value is -0.192. The molecule has 0 heterocycles. The fourth-order valence-corrected chi connectivity index (χ4v) is 4.53. The molecule has 0 unspecified atom stereocenters. The van der Waals surface area contributed by atoms with E-state index in [0.29, 0.717) is 11.8 Å². The molecule has 0 atom stereocenters. The molecule has 0 spiro atoms. The number of hydrogen-bond donors (Lipinski definition) is 0. The Balaban J connectivity index is 5.96. The lowest BCUT2D eigenvalue weighted by molar-refractivity contribution is 0.513. The predicted octanol–water partition coefficient (Wildman–Crippen LogP) is 5.16. The van der Waals surface area contributed by atoms with E-state index in [-0.39, 0.29) is 0 Å². The van der Waals surface area contributed by atoms with Gasteiger partial charge in [-0.05, 0) is 78.6 Å². The van der Waals surface area contributed by atoms with Gasteiger partial charge in [-0.25, -0.2) is 0 Å². The smallest absolute Gasteiger partial charge is 0.247 e. The van der Waals surface area contributed by atoms with Crippen LogP contribution in [0, 0.1) is 0 Å². The molecule has 4 nitrogen and oxygen atoms in total. The van der Waals surface area contributed by atoms with Crippen molar-refractivity contribution in [2.45, 2.75) is 78.6 Å². The maximum absolute atomic E-state index is 6.28. The van der Waals surface area contributed by atoms with Crippen LogP contribution in [0.15, 0.2) is 9.32 Å². The van der Waals surface area contributed by atoms with E-state index in [4.69, 9.17) is 18.2 Å². The van der Waals surface area contributed by atoms with Crippen molar-refractivity contribution in [1.82, 2.24) is 0 Å². The normalized spacial score (nSPS) is 15.8. The first-order valence-electron chi connectivity index (χ1n) is 7.96. The molecule has 0 aliphatic rings. The van der Waals surface area contributed by atoms with Gasteiger partial charge >= 0.3 is 0 Å². The van der Waals surface area contributed by atoms with Crippen molar-refractivity contribution in [2.24, 2.45) is 9.32 Å². The standard InChI is InChI=1S/C14H36N2O2Si4/c1-19(2,3)15-13(17-21(7,8)9)14(16-20(4,5)6)18-22(10,11)12/h1-12H3. The maximum atomic E-state index is 6.28. The first kappa shape index (κ1) is 21.8. The second-order valence-electron chi connectivity index (χ2n) is 9.60. The summed E-state index contributed by atoms with van der Waals surface area (Å²) in [6.07, 6.45) is 0. The highest BCUT2D eigenvalue weighted by Gasteiger charge is 2.30. The predicted molar refractivity (Wildman–Crippen MR) is 110 cm³/mol. The highest BCUT2D eigenvalue weighted by atomic mass is 28.4. The summed E-state index contributed by atoms with van der Waals surface area (Å²) in [6, 6.07) is 0. The van der Waals surface area contributed by atoms with E-state index >= 15 is 0 Å². The summed E-state index contributed by atoms with van der Waals surface area (Å²) in [5, 5.41) is 0. The third-order valence-electron chi connectivity index (χ3n) is 1.86. The third kappa shape index (κ3) is 12.4. The van der Waals surface area contributed by atoms with Crippen LogP contribution in [0.1, 0.15) is 0 Å². The van der Waals surface area contributed by atoms with Gasteiger partial charge in [0, 0.05) is 0 Å². The van der Waals surface area contributed by atoms with Gasteiger partial charge in [-0.2, -0.15) is 0 Å². The monoisotopic (exact) mass is 376 g/mol. The second-order valence-corrected chi connectivity index (χ2v) is 27.6. The minimum atomic E-state index is -1.77. The van der Waals surface area contributed by atoms with Crippen LogP contribution in [0.5, 0.6) is 0 Å². The Morgan fingerprint density at radius 1 is 0.500 bits per heavy atom. The van der Waals surface area contributed by atoms with Crippen molar-refractivity contribution in [1.29, 1.82) is 0 Å². The van der Waals surface area contributed by atoms with Crippen LogP contribution in [0.25, 0.3) is 0 Å². The molecule has 0 aromatic heterocycles. The van der Waals surface area contributed by atoms with Gasteiger partial charge in [0.2, 0.25) is 28.4 Å². The lowest BCUT2D eigenvalue weighted by atomic mass is 10.7. The zero-order chi connectivity index (χ0) is 18.0. The topological polar surface area (TPSA) is 43.2 Å². The van der Waals surface area contributed by atoms with Gasteiger partial charge in [-0.15, -0.1) is 0 Å². The van der Waals surface area contributed by atoms with Gasteiger partial charge < -0.3 is 8.85 Å². The van der Waals surface area contributed by atoms with Crippen LogP contribution in [-0.4, -0.2) is 44.9 Å². The average molecular weight is 377 g/mol. The molecule has 0 amide bonds. The minimum Gasteiger partial charge on any atom is -0.529 e. The molecule has 22 heavy (non-hydrogen) atoms. The van der Waals surface area contributed by atoms with E-state index in [9.17, 15) is 0 Å². The molecule has 0 aliphatic heterocycles. The van der Waals surface area contributed by atoms with Gasteiger partial charge in [-0.3, -0.25) is 9.32 Å². The molecule has 130 valence electrons. The van der Waals surface area contributed by atoms with Gasteiger partial charge in [-0.1, -0.05) is 0 Å². The van der Waals surface area contributed by atoms with Gasteiger partial charge in [0.05, 0.1) is 0 Å². The number of hydrogen-bond acceptors (Lipinski definition) is 4. The van der Waals surface area contributed by atoms with E-state index < -0.39 is 33.1 Å². The van der Waals surface area contributed by atoms with E-state index in [1.54, 1.807) is 0 Å². The first-order valence-corrected chi connectivity index (χ1v) is 21.7. The summed E-state index contributed by atoms with van der Waals surface area (Å²) in [5.41, 5.74) is 0. The zero-order valence-electron chi connectivity index (χ0n) is 16.7. The molecule has 0 bridgehead atoms. The van der Waals surface area contributed by atoms with Crippen LogP contribution in [0.2, 0.25) is 78.6 Å². The molecule has 0 aromatic carbocycles. The van der Waals surface area contributed by atoms with Crippen molar-refractivity contribution < 1.29 is 8.85 Å². The Bertz CT molecular complexity index is 394. The zero-order valence-corrected chi connectivity index (χ0v) is 20.7. The fourth-order valence-electron chi connectivity index (χ4n) is 1.42. The minimum absolute atomic E-state index is 0.656. The molecular weight excluding hydrogens is 341 g/mol. The fraction of sp³-hybridized carbons (Fsp3) is 0.857. The Morgan fingerprint density at radius 3 is 0.864 bits per heavy atom. The van der Waals surface area contributed by atoms with Crippen LogP contribution < -0.4 is 0 Å². The molecule has 0 fully saturated rings. The molecule has 0 rings (SSSR count). The lowest BCUT2D eigenvalue weighted by Crippen LogP contribution is -2.42. The Morgan fingerprint density at radius 2 is 0.727 bits per heavy atom. The van der Waals surface area contributed by atoms with Crippen molar-refractivity contribution in [2.75, 3.05) is 0 Å². The third-order valence-corrected chi connectivity index (χ3v) is 5.22.